The van der Waals surface area contributed by atoms with Gasteiger partial charge < -0.3 is 14.8 Å². The summed E-state index contributed by atoms with van der Waals surface area (Å²) in [6.07, 6.45) is 5.97. The van der Waals surface area contributed by atoms with E-state index in [1.807, 2.05) is 23.2 Å². The molecular formula is C19H25ClN4O. The first-order valence-corrected chi connectivity index (χ1v) is 9.23. The smallest absolute Gasteiger partial charge is 0.321 e. The van der Waals surface area contributed by atoms with Gasteiger partial charge in [0, 0.05) is 48.7 Å². The van der Waals surface area contributed by atoms with Crippen LogP contribution in [-0.4, -0.2) is 33.6 Å². The fourth-order valence-corrected chi connectivity index (χ4v) is 3.53. The van der Waals surface area contributed by atoms with Crippen LogP contribution in [0.25, 0.3) is 0 Å². The molecule has 1 saturated heterocycles. The van der Waals surface area contributed by atoms with Crippen molar-refractivity contribution in [2.45, 2.75) is 39.2 Å². The summed E-state index contributed by atoms with van der Waals surface area (Å²) in [4.78, 5) is 18.7. The molecule has 5 nitrogen and oxygen atoms in total. The fourth-order valence-electron chi connectivity index (χ4n) is 3.34. The van der Waals surface area contributed by atoms with E-state index in [4.69, 9.17) is 11.6 Å². The summed E-state index contributed by atoms with van der Waals surface area (Å²) in [6.45, 7) is 6.88. The molecule has 1 fully saturated rings. The van der Waals surface area contributed by atoms with Gasteiger partial charge in [-0.05, 0) is 37.0 Å². The number of halogens is 1. The number of nitrogens with zero attached hydrogens (tertiary/aromatic N) is 3. The molecule has 2 heterocycles. The van der Waals surface area contributed by atoms with Crippen molar-refractivity contribution in [2.24, 2.45) is 5.92 Å². The van der Waals surface area contributed by atoms with E-state index in [1.165, 1.54) is 0 Å². The SMILES string of the molecule is CC(C)c1nccn1CC1CCN(C(=O)Nc2cccc(Cl)c2)CC1. The average Bonchev–Trinajstić information content (AvgIpc) is 3.04. The Morgan fingerprint density at radius 2 is 2.12 bits per heavy atom. The first kappa shape index (κ1) is 17.8. The second-order valence-electron chi connectivity index (χ2n) is 6.96. The minimum atomic E-state index is -0.0498. The number of amides is 2. The van der Waals surface area contributed by atoms with Gasteiger partial charge in [-0.25, -0.2) is 9.78 Å². The van der Waals surface area contributed by atoms with E-state index in [0.29, 0.717) is 16.9 Å². The van der Waals surface area contributed by atoms with Gasteiger partial charge in [0.2, 0.25) is 0 Å². The Bertz CT molecular complexity index is 720. The Hall–Kier alpha value is -2.01. The second kappa shape index (κ2) is 7.91. The van der Waals surface area contributed by atoms with E-state index < -0.39 is 0 Å². The van der Waals surface area contributed by atoms with Crippen molar-refractivity contribution < 1.29 is 4.79 Å². The lowest BCUT2D eigenvalue weighted by Crippen LogP contribution is -2.41. The zero-order valence-corrected chi connectivity index (χ0v) is 15.5. The number of urea groups is 1. The first-order valence-electron chi connectivity index (χ1n) is 8.85. The zero-order valence-electron chi connectivity index (χ0n) is 14.8. The second-order valence-corrected chi connectivity index (χ2v) is 7.40. The van der Waals surface area contributed by atoms with Gasteiger partial charge in [-0.3, -0.25) is 0 Å². The fraction of sp³-hybridized carbons (Fsp3) is 0.474. The number of anilines is 1. The molecule has 1 N–H and O–H groups in total. The molecule has 0 saturated carbocycles. The third kappa shape index (κ3) is 4.54. The number of carbonyl (C=O) groups is 1. The molecule has 2 amide bonds. The average molecular weight is 361 g/mol. The quantitative estimate of drug-likeness (QED) is 0.865. The number of carbonyl (C=O) groups excluding carboxylic acids is 1. The zero-order chi connectivity index (χ0) is 17.8. The van der Waals surface area contributed by atoms with Gasteiger partial charge in [-0.1, -0.05) is 31.5 Å². The standard InChI is InChI=1S/C19H25ClN4O/c1-14(2)18-21-8-11-24(18)13-15-6-9-23(10-7-15)19(25)22-17-5-3-4-16(20)12-17/h3-5,8,11-12,14-15H,6-7,9-10,13H2,1-2H3,(H,22,25). The van der Waals surface area contributed by atoms with Crippen molar-refractivity contribution in [2.75, 3.05) is 18.4 Å². The number of nitrogens with one attached hydrogen (secondary N) is 1. The third-order valence-corrected chi connectivity index (χ3v) is 4.93. The lowest BCUT2D eigenvalue weighted by Gasteiger charge is -2.32. The molecule has 0 spiro atoms. The van der Waals surface area contributed by atoms with Crippen LogP contribution in [0.5, 0.6) is 0 Å². The molecule has 134 valence electrons. The summed E-state index contributed by atoms with van der Waals surface area (Å²) in [6, 6.07) is 7.19. The van der Waals surface area contributed by atoms with Crippen LogP contribution in [0.15, 0.2) is 36.7 Å². The molecule has 3 rings (SSSR count). The number of benzene rings is 1. The number of likely N-dealkylation sites (tertiary alicyclic amines) is 1. The number of piperidine rings is 1. The molecule has 0 atom stereocenters. The van der Waals surface area contributed by atoms with E-state index >= 15 is 0 Å². The summed E-state index contributed by atoms with van der Waals surface area (Å²) in [5.41, 5.74) is 0.736. The van der Waals surface area contributed by atoms with Crippen molar-refractivity contribution in [3.63, 3.8) is 0 Å². The molecule has 1 aromatic heterocycles. The maximum atomic E-state index is 12.4. The summed E-state index contributed by atoms with van der Waals surface area (Å²) in [7, 11) is 0. The topological polar surface area (TPSA) is 50.2 Å². The number of hydrogen-bond acceptors (Lipinski definition) is 2. The molecule has 0 bridgehead atoms. The van der Waals surface area contributed by atoms with Gasteiger partial charge in [-0.15, -0.1) is 0 Å². The monoisotopic (exact) mass is 360 g/mol. The van der Waals surface area contributed by atoms with Crippen LogP contribution in [0.4, 0.5) is 10.5 Å². The number of rotatable bonds is 4. The summed E-state index contributed by atoms with van der Waals surface area (Å²) >= 11 is 5.96. The Morgan fingerprint density at radius 1 is 1.36 bits per heavy atom. The Morgan fingerprint density at radius 3 is 2.80 bits per heavy atom. The van der Waals surface area contributed by atoms with Gasteiger partial charge in [0.15, 0.2) is 0 Å². The van der Waals surface area contributed by atoms with E-state index in [1.54, 1.807) is 12.1 Å². The van der Waals surface area contributed by atoms with Crippen LogP contribution in [0.1, 0.15) is 38.4 Å². The molecule has 1 aliphatic heterocycles. The lowest BCUT2D eigenvalue weighted by molar-refractivity contribution is 0.176. The van der Waals surface area contributed by atoms with Crippen LogP contribution in [0.2, 0.25) is 5.02 Å². The molecule has 0 unspecified atom stereocenters. The number of aromatic nitrogens is 2. The maximum absolute atomic E-state index is 12.4. The van der Waals surface area contributed by atoms with Crippen LogP contribution < -0.4 is 5.32 Å². The van der Waals surface area contributed by atoms with Gasteiger partial charge >= 0.3 is 6.03 Å². The lowest BCUT2D eigenvalue weighted by atomic mass is 9.96. The van der Waals surface area contributed by atoms with E-state index in [-0.39, 0.29) is 6.03 Å². The Balaban J connectivity index is 1.51. The van der Waals surface area contributed by atoms with Gasteiger partial charge in [0.05, 0.1) is 0 Å². The normalized spacial score (nSPS) is 15.6. The summed E-state index contributed by atoms with van der Waals surface area (Å²) in [5, 5.41) is 3.55. The summed E-state index contributed by atoms with van der Waals surface area (Å²) in [5.74, 6) is 2.15. The first-order chi connectivity index (χ1) is 12.0. The largest absolute Gasteiger partial charge is 0.334 e. The molecule has 1 aromatic carbocycles. The van der Waals surface area contributed by atoms with Gasteiger partial charge in [-0.2, -0.15) is 0 Å². The van der Waals surface area contributed by atoms with E-state index in [0.717, 1.165) is 44.0 Å². The van der Waals surface area contributed by atoms with Gasteiger partial charge in [0.1, 0.15) is 5.82 Å². The van der Waals surface area contributed by atoms with Crippen molar-refractivity contribution in [1.29, 1.82) is 0 Å². The highest BCUT2D eigenvalue weighted by Gasteiger charge is 2.24. The van der Waals surface area contributed by atoms with Crippen LogP contribution >= 0.6 is 11.6 Å². The highest BCUT2D eigenvalue weighted by molar-refractivity contribution is 6.30. The van der Waals surface area contributed by atoms with Crippen molar-refractivity contribution in [3.8, 4) is 0 Å². The number of imidazole rings is 1. The molecule has 1 aliphatic rings. The minimum absolute atomic E-state index is 0.0498. The summed E-state index contributed by atoms with van der Waals surface area (Å²) < 4.78 is 2.26. The van der Waals surface area contributed by atoms with Gasteiger partial charge in [0.25, 0.3) is 0 Å². The van der Waals surface area contributed by atoms with Crippen molar-refractivity contribution >= 4 is 23.3 Å². The van der Waals surface area contributed by atoms with E-state index in [9.17, 15) is 4.79 Å². The third-order valence-electron chi connectivity index (χ3n) is 4.70. The highest BCUT2D eigenvalue weighted by Crippen LogP contribution is 2.22. The Labute approximate surface area is 154 Å². The van der Waals surface area contributed by atoms with Crippen LogP contribution in [-0.2, 0) is 6.54 Å². The minimum Gasteiger partial charge on any atom is -0.334 e. The van der Waals surface area contributed by atoms with Crippen molar-refractivity contribution in [3.05, 3.63) is 47.5 Å². The van der Waals surface area contributed by atoms with Crippen molar-refractivity contribution in [1.82, 2.24) is 14.5 Å². The highest BCUT2D eigenvalue weighted by atomic mass is 35.5. The Kier molecular flexibility index (Phi) is 5.63. The molecule has 2 aromatic rings. The molecular weight excluding hydrogens is 336 g/mol. The van der Waals surface area contributed by atoms with Crippen LogP contribution in [0.3, 0.4) is 0 Å². The van der Waals surface area contributed by atoms with Crippen LogP contribution in [0, 0.1) is 5.92 Å². The predicted molar refractivity (Wildman–Crippen MR) is 101 cm³/mol. The molecule has 0 aliphatic carbocycles. The maximum Gasteiger partial charge on any atom is 0.321 e. The molecule has 25 heavy (non-hydrogen) atoms. The number of hydrogen-bond donors (Lipinski definition) is 1. The molecule has 6 heteroatoms. The predicted octanol–water partition coefficient (Wildman–Crippen LogP) is 4.60. The van der Waals surface area contributed by atoms with E-state index in [2.05, 4.69) is 34.9 Å². The molecule has 0 radical (unpaired) electrons.